The number of hydrogen-bond acceptors (Lipinski definition) is 4. The Hall–Kier alpha value is -1.36. The molecule has 0 amide bonds. The zero-order chi connectivity index (χ0) is 13.3. The molecule has 1 saturated carbocycles. The highest BCUT2D eigenvalue weighted by Gasteiger charge is 2.32. The van der Waals surface area contributed by atoms with Crippen LogP contribution in [0.1, 0.15) is 33.6 Å². The Bertz CT molecular complexity index is 472. The molecule has 0 unspecified atom stereocenters. The van der Waals surface area contributed by atoms with E-state index in [1.165, 1.54) is 0 Å². The first-order valence-corrected chi connectivity index (χ1v) is 6.41. The molecule has 1 aromatic heterocycles. The molecule has 5 heteroatoms. The standard InChI is InChI=1S/C13H21N3O2/c1-13(2,3)16-7-6-14-11(12(16)18)15(8-9-17)10-4-5-10/h6-7,10,17H,4-5,8-9H2,1-3H3. The van der Waals surface area contributed by atoms with Crippen LogP contribution in [-0.4, -0.2) is 33.9 Å². The maximum absolute atomic E-state index is 12.4. The van der Waals surface area contributed by atoms with E-state index in [1.54, 1.807) is 17.0 Å². The first-order chi connectivity index (χ1) is 8.45. The van der Waals surface area contributed by atoms with Crippen LogP contribution in [0.15, 0.2) is 17.2 Å². The van der Waals surface area contributed by atoms with Gasteiger partial charge in [0.15, 0.2) is 5.82 Å². The van der Waals surface area contributed by atoms with E-state index < -0.39 is 0 Å². The largest absolute Gasteiger partial charge is 0.395 e. The van der Waals surface area contributed by atoms with E-state index in [0.29, 0.717) is 18.4 Å². The van der Waals surface area contributed by atoms with Crippen molar-refractivity contribution in [2.45, 2.75) is 45.2 Å². The first-order valence-electron chi connectivity index (χ1n) is 6.41. The summed E-state index contributed by atoms with van der Waals surface area (Å²) in [5.41, 5.74) is -0.339. The van der Waals surface area contributed by atoms with E-state index >= 15 is 0 Å². The summed E-state index contributed by atoms with van der Waals surface area (Å²) in [7, 11) is 0. The van der Waals surface area contributed by atoms with E-state index in [2.05, 4.69) is 4.98 Å². The molecule has 5 nitrogen and oxygen atoms in total. The van der Waals surface area contributed by atoms with E-state index in [9.17, 15) is 4.79 Å². The van der Waals surface area contributed by atoms with Crippen molar-refractivity contribution in [1.82, 2.24) is 9.55 Å². The minimum absolute atomic E-state index is 0.0437. The number of nitrogens with zero attached hydrogens (tertiary/aromatic N) is 3. The average Bonchev–Trinajstić information content (AvgIpc) is 3.09. The Kier molecular flexibility index (Phi) is 3.43. The second-order valence-electron chi connectivity index (χ2n) is 5.74. The van der Waals surface area contributed by atoms with Gasteiger partial charge < -0.3 is 14.6 Å². The van der Waals surface area contributed by atoms with Gasteiger partial charge in [-0.05, 0) is 33.6 Å². The van der Waals surface area contributed by atoms with Gasteiger partial charge in [-0.1, -0.05) is 0 Å². The summed E-state index contributed by atoms with van der Waals surface area (Å²) in [5, 5.41) is 9.12. The minimum atomic E-state index is -0.261. The van der Waals surface area contributed by atoms with Gasteiger partial charge >= 0.3 is 0 Å². The fourth-order valence-corrected chi connectivity index (χ4v) is 2.08. The summed E-state index contributed by atoms with van der Waals surface area (Å²) < 4.78 is 1.70. The van der Waals surface area contributed by atoms with Gasteiger partial charge in [-0.3, -0.25) is 4.79 Å². The second kappa shape index (κ2) is 4.72. The fraction of sp³-hybridized carbons (Fsp3) is 0.692. The number of hydrogen-bond donors (Lipinski definition) is 1. The summed E-state index contributed by atoms with van der Waals surface area (Å²) in [6.45, 7) is 6.49. The highest BCUT2D eigenvalue weighted by Crippen LogP contribution is 2.28. The molecule has 0 saturated heterocycles. The van der Waals surface area contributed by atoms with Crippen LogP contribution < -0.4 is 10.5 Å². The van der Waals surface area contributed by atoms with Crippen molar-refractivity contribution in [3.8, 4) is 0 Å². The Morgan fingerprint density at radius 1 is 1.50 bits per heavy atom. The van der Waals surface area contributed by atoms with Crippen LogP contribution in [-0.2, 0) is 5.54 Å². The Morgan fingerprint density at radius 3 is 2.67 bits per heavy atom. The van der Waals surface area contributed by atoms with Crippen LogP contribution >= 0.6 is 0 Å². The van der Waals surface area contributed by atoms with E-state index in [4.69, 9.17) is 5.11 Å². The van der Waals surface area contributed by atoms with Crippen molar-refractivity contribution < 1.29 is 5.11 Å². The van der Waals surface area contributed by atoms with Crippen molar-refractivity contribution in [3.05, 3.63) is 22.7 Å². The SMILES string of the molecule is CC(C)(C)n1ccnc(N(CCO)C2CC2)c1=O. The van der Waals surface area contributed by atoms with Crippen LogP contribution in [0.2, 0.25) is 0 Å². The monoisotopic (exact) mass is 251 g/mol. The molecule has 0 aliphatic heterocycles. The predicted octanol–water partition coefficient (Wildman–Crippen LogP) is 0.959. The Morgan fingerprint density at radius 2 is 2.17 bits per heavy atom. The number of aromatic nitrogens is 2. The molecular formula is C13H21N3O2. The molecule has 0 radical (unpaired) electrons. The second-order valence-corrected chi connectivity index (χ2v) is 5.74. The quantitative estimate of drug-likeness (QED) is 0.866. The van der Waals surface area contributed by atoms with Crippen LogP contribution in [0.25, 0.3) is 0 Å². The Labute approximate surface area is 107 Å². The molecule has 1 aliphatic carbocycles. The lowest BCUT2D eigenvalue weighted by molar-refractivity contribution is 0.300. The van der Waals surface area contributed by atoms with Crippen molar-refractivity contribution in [3.63, 3.8) is 0 Å². The van der Waals surface area contributed by atoms with E-state index in [1.807, 2.05) is 25.7 Å². The lowest BCUT2D eigenvalue weighted by atomic mass is 10.1. The van der Waals surface area contributed by atoms with E-state index in [-0.39, 0.29) is 17.7 Å². The summed E-state index contributed by atoms with van der Waals surface area (Å²) in [4.78, 5) is 18.6. The third kappa shape index (κ3) is 2.56. The summed E-state index contributed by atoms with van der Waals surface area (Å²) in [6.07, 6.45) is 5.53. The molecule has 1 fully saturated rings. The molecule has 18 heavy (non-hydrogen) atoms. The highest BCUT2D eigenvalue weighted by molar-refractivity contribution is 5.39. The topological polar surface area (TPSA) is 58.4 Å². The van der Waals surface area contributed by atoms with Gasteiger partial charge in [-0.25, -0.2) is 4.98 Å². The molecule has 1 heterocycles. The molecule has 1 N–H and O–H groups in total. The van der Waals surface area contributed by atoms with Crippen LogP contribution in [0, 0.1) is 0 Å². The molecule has 1 aliphatic rings. The molecule has 0 atom stereocenters. The summed E-state index contributed by atoms with van der Waals surface area (Å²) >= 11 is 0. The van der Waals surface area contributed by atoms with Gasteiger partial charge in [-0.15, -0.1) is 0 Å². The van der Waals surface area contributed by atoms with Gasteiger partial charge in [0.1, 0.15) is 0 Å². The number of anilines is 1. The molecule has 1 aromatic rings. The third-order valence-corrected chi connectivity index (χ3v) is 3.15. The number of aliphatic hydroxyl groups is 1. The normalized spacial score (nSPS) is 15.8. The van der Waals surface area contributed by atoms with Crippen molar-refractivity contribution in [2.75, 3.05) is 18.1 Å². The van der Waals surface area contributed by atoms with Gasteiger partial charge in [-0.2, -0.15) is 0 Å². The minimum Gasteiger partial charge on any atom is -0.395 e. The fourth-order valence-electron chi connectivity index (χ4n) is 2.08. The summed E-state index contributed by atoms with van der Waals surface area (Å²) in [6, 6.07) is 0.369. The zero-order valence-corrected chi connectivity index (χ0v) is 11.3. The third-order valence-electron chi connectivity index (χ3n) is 3.15. The lowest BCUT2D eigenvalue weighted by Crippen LogP contribution is -2.40. The molecule has 2 rings (SSSR count). The van der Waals surface area contributed by atoms with Crippen molar-refractivity contribution in [2.24, 2.45) is 0 Å². The van der Waals surface area contributed by atoms with Crippen molar-refractivity contribution >= 4 is 5.82 Å². The molecule has 0 aromatic carbocycles. The Balaban J connectivity index is 2.41. The summed E-state index contributed by atoms with van der Waals surface area (Å²) in [5.74, 6) is 0.462. The molecule has 0 spiro atoms. The number of aliphatic hydroxyl groups excluding tert-OH is 1. The smallest absolute Gasteiger partial charge is 0.293 e. The van der Waals surface area contributed by atoms with Gasteiger partial charge in [0.25, 0.3) is 5.56 Å². The highest BCUT2D eigenvalue weighted by atomic mass is 16.3. The molecule has 100 valence electrons. The number of rotatable bonds is 4. The first kappa shape index (κ1) is 13.1. The van der Waals surface area contributed by atoms with Gasteiger partial charge in [0.2, 0.25) is 0 Å². The van der Waals surface area contributed by atoms with Crippen molar-refractivity contribution in [1.29, 1.82) is 0 Å². The maximum atomic E-state index is 12.4. The van der Waals surface area contributed by atoms with Gasteiger partial charge in [0.05, 0.1) is 6.61 Å². The van der Waals surface area contributed by atoms with Crippen LogP contribution in [0.5, 0.6) is 0 Å². The molecular weight excluding hydrogens is 230 g/mol. The predicted molar refractivity (Wildman–Crippen MR) is 70.9 cm³/mol. The zero-order valence-electron chi connectivity index (χ0n) is 11.3. The van der Waals surface area contributed by atoms with Gasteiger partial charge in [0, 0.05) is 30.5 Å². The molecule has 0 bridgehead atoms. The van der Waals surface area contributed by atoms with Crippen LogP contribution in [0.3, 0.4) is 0 Å². The van der Waals surface area contributed by atoms with E-state index in [0.717, 1.165) is 12.8 Å². The lowest BCUT2D eigenvalue weighted by Gasteiger charge is -2.26. The van der Waals surface area contributed by atoms with Crippen LogP contribution in [0.4, 0.5) is 5.82 Å². The maximum Gasteiger partial charge on any atom is 0.293 e. The average molecular weight is 251 g/mol.